The van der Waals surface area contributed by atoms with Crippen LogP contribution in [0.25, 0.3) is 21.5 Å². The zero-order valence-electron chi connectivity index (χ0n) is 30.7. The third-order valence-corrected chi connectivity index (χ3v) is 11.1. The number of para-hydroxylation sites is 4. The molecule has 0 fully saturated rings. The van der Waals surface area contributed by atoms with Gasteiger partial charge in [-0.1, -0.05) is 97.1 Å². The maximum Gasteiger partial charge on any atom is 0.260 e. The van der Waals surface area contributed by atoms with Crippen LogP contribution in [0.3, 0.4) is 0 Å². The minimum atomic E-state index is -0.154. The average Bonchev–Trinajstić information content (AvgIpc) is 3.26. The summed E-state index contributed by atoms with van der Waals surface area (Å²) in [6, 6.07) is 69.8. The van der Waals surface area contributed by atoms with Gasteiger partial charge in [-0.3, -0.25) is 0 Å². The molecule has 0 aliphatic carbocycles. The summed E-state index contributed by atoms with van der Waals surface area (Å²) in [6.07, 6.45) is 0. The molecule has 5 nitrogen and oxygen atoms in total. The molecule has 0 amide bonds. The van der Waals surface area contributed by atoms with Crippen LogP contribution in [0.2, 0.25) is 0 Å². The van der Waals surface area contributed by atoms with E-state index in [1.807, 2.05) is 36.4 Å². The van der Waals surface area contributed by atoms with E-state index in [1.54, 1.807) is 0 Å². The van der Waals surface area contributed by atoms with Crippen LogP contribution in [0.5, 0.6) is 23.0 Å². The summed E-state index contributed by atoms with van der Waals surface area (Å²) >= 11 is 0. The first-order valence-electron chi connectivity index (χ1n) is 19.1. The zero-order valence-corrected chi connectivity index (χ0v) is 30.7. The van der Waals surface area contributed by atoms with Crippen LogP contribution in [0.4, 0.5) is 34.1 Å². The average molecular weight is 730 g/mol. The largest absolute Gasteiger partial charge is 0.458 e. The maximum absolute atomic E-state index is 10.1. The fourth-order valence-corrected chi connectivity index (χ4v) is 8.51. The van der Waals surface area contributed by atoms with Crippen molar-refractivity contribution in [2.45, 2.75) is 0 Å². The Hall–Kier alpha value is -7.75. The summed E-state index contributed by atoms with van der Waals surface area (Å²) in [7, 11) is 0. The van der Waals surface area contributed by atoms with Crippen molar-refractivity contribution < 1.29 is 9.47 Å². The normalized spacial score (nSPS) is 12.1. The van der Waals surface area contributed by atoms with Gasteiger partial charge in [0.1, 0.15) is 23.0 Å². The van der Waals surface area contributed by atoms with Gasteiger partial charge in [0.05, 0.1) is 11.6 Å². The van der Waals surface area contributed by atoms with Crippen LogP contribution in [-0.2, 0) is 0 Å². The Morgan fingerprint density at radius 3 is 1.12 bits per heavy atom. The summed E-state index contributed by atoms with van der Waals surface area (Å²) in [4.78, 5) is 4.54. The van der Waals surface area contributed by atoms with Gasteiger partial charge in [0.2, 0.25) is 0 Å². The molecule has 6 heteroatoms. The Bertz CT molecular complexity index is 2770. The lowest BCUT2D eigenvalue weighted by Gasteiger charge is -2.33. The van der Waals surface area contributed by atoms with Crippen LogP contribution in [0.1, 0.15) is 5.56 Å². The van der Waals surface area contributed by atoms with E-state index in [4.69, 9.17) is 9.47 Å². The molecule has 9 aromatic carbocycles. The number of hydrogen-bond acceptors (Lipinski definition) is 5. The van der Waals surface area contributed by atoms with Gasteiger partial charge in [-0.2, -0.15) is 5.26 Å². The van der Waals surface area contributed by atoms with Crippen molar-refractivity contribution in [1.82, 2.24) is 0 Å². The van der Waals surface area contributed by atoms with E-state index in [1.165, 1.54) is 0 Å². The highest BCUT2D eigenvalue weighted by Gasteiger charge is 2.41. The van der Waals surface area contributed by atoms with Gasteiger partial charge in [-0.15, -0.1) is 0 Å². The van der Waals surface area contributed by atoms with Gasteiger partial charge in [-0.05, 0) is 130 Å². The molecule has 2 heterocycles. The minimum Gasteiger partial charge on any atom is -0.458 e. The van der Waals surface area contributed by atoms with Crippen LogP contribution in [0.15, 0.2) is 194 Å². The van der Waals surface area contributed by atoms with E-state index in [2.05, 4.69) is 174 Å². The molecule has 11 rings (SSSR count). The Morgan fingerprint density at radius 2 is 0.754 bits per heavy atom. The summed E-state index contributed by atoms with van der Waals surface area (Å²) in [6.45, 7) is -0.154. The van der Waals surface area contributed by atoms with Gasteiger partial charge in [0, 0.05) is 39.6 Å². The number of nitriles is 1. The molecule has 0 unspecified atom stereocenters. The highest BCUT2D eigenvalue weighted by atomic mass is 16.5. The molecule has 0 saturated carbocycles. The molecule has 0 spiro atoms. The summed E-state index contributed by atoms with van der Waals surface area (Å²) < 4.78 is 13.4. The lowest BCUT2D eigenvalue weighted by Crippen LogP contribution is -2.57. The summed E-state index contributed by atoms with van der Waals surface area (Å²) in [5.41, 5.74) is 9.97. The minimum absolute atomic E-state index is 0.154. The number of hydrogen-bond donors (Lipinski definition) is 0. The number of ether oxygens (including phenoxy) is 2. The summed E-state index contributed by atoms with van der Waals surface area (Å²) in [5.74, 6) is 2.84. The van der Waals surface area contributed by atoms with Crippen LogP contribution in [-0.4, -0.2) is 6.71 Å². The topological polar surface area (TPSA) is 48.7 Å². The first-order valence-corrected chi connectivity index (χ1v) is 19.1. The molecule has 2 aliphatic rings. The molecule has 2 aliphatic heterocycles. The van der Waals surface area contributed by atoms with Crippen molar-refractivity contribution in [3.8, 4) is 29.1 Å². The molecule has 0 bridgehead atoms. The Kier molecular flexibility index (Phi) is 7.58. The first kappa shape index (κ1) is 32.7. The molecular weight excluding hydrogens is 697 g/mol. The maximum atomic E-state index is 10.1. The number of benzene rings is 9. The Morgan fingerprint density at radius 1 is 0.368 bits per heavy atom. The van der Waals surface area contributed by atoms with Crippen molar-refractivity contribution in [2.24, 2.45) is 0 Å². The zero-order chi connectivity index (χ0) is 37.9. The third kappa shape index (κ3) is 5.56. The Balaban J connectivity index is 1.05. The molecule has 0 N–H and O–H groups in total. The van der Waals surface area contributed by atoms with Gasteiger partial charge in [-0.25, -0.2) is 0 Å². The highest BCUT2D eigenvalue weighted by molar-refractivity contribution is 6.98. The van der Waals surface area contributed by atoms with E-state index in [-0.39, 0.29) is 6.71 Å². The molecule has 266 valence electrons. The van der Waals surface area contributed by atoms with E-state index < -0.39 is 0 Å². The summed E-state index contributed by atoms with van der Waals surface area (Å²) in [5, 5.41) is 14.4. The quantitative estimate of drug-likeness (QED) is 0.160. The van der Waals surface area contributed by atoms with Crippen molar-refractivity contribution >= 4 is 78.8 Å². The predicted molar refractivity (Wildman–Crippen MR) is 233 cm³/mol. The van der Waals surface area contributed by atoms with Gasteiger partial charge in [0.15, 0.2) is 0 Å². The second-order valence-corrected chi connectivity index (χ2v) is 14.5. The van der Waals surface area contributed by atoms with Crippen molar-refractivity contribution in [2.75, 3.05) is 9.80 Å². The molecule has 0 saturated heterocycles. The second-order valence-electron chi connectivity index (χ2n) is 14.5. The standard InChI is InChI=1S/C51H32BN3O2/c53-33-34-25-49-51-50(26-34)57-48-32-38-28-44(55(41-17-9-3-10-18-41)42-19-11-4-12-20-42)24-22-36(38)30-46(48)52(51)45-29-35-21-23-43(27-37(35)31-47(45)56-49)54(39-13-5-1-6-14-39)40-15-7-2-8-16-40/h1-32H. The number of nitrogens with zero attached hydrogens (tertiary/aromatic N) is 3. The molecule has 0 atom stereocenters. The number of anilines is 6. The Labute approximate surface area is 330 Å². The van der Waals surface area contributed by atoms with Crippen LogP contribution < -0.4 is 35.7 Å². The predicted octanol–water partition coefficient (Wildman–Crippen LogP) is 11.5. The van der Waals surface area contributed by atoms with Crippen molar-refractivity contribution in [3.63, 3.8) is 0 Å². The van der Waals surface area contributed by atoms with E-state index >= 15 is 0 Å². The molecule has 9 aromatic rings. The van der Waals surface area contributed by atoms with E-state index in [9.17, 15) is 5.26 Å². The SMILES string of the molecule is N#Cc1cc2c3c(c1)Oc1cc4cc(N(c5ccccc5)c5ccccc5)ccc4cc1B3c1cc3ccc(N(c4ccccc4)c4ccccc4)cc3cc1O2. The van der Waals surface area contributed by atoms with Gasteiger partial charge < -0.3 is 19.3 Å². The number of fused-ring (bicyclic) bond motifs is 6. The third-order valence-electron chi connectivity index (χ3n) is 11.1. The fraction of sp³-hybridized carbons (Fsp3) is 0. The molecular formula is C51H32BN3O2. The van der Waals surface area contributed by atoms with E-state index in [0.717, 1.165) is 83.6 Å². The monoisotopic (exact) mass is 729 g/mol. The smallest absolute Gasteiger partial charge is 0.260 e. The van der Waals surface area contributed by atoms with Gasteiger partial charge >= 0.3 is 0 Å². The van der Waals surface area contributed by atoms with Gasteiger partial charge in [0.25, 0.3) is 6.71 Å². The fourth-order valence-electron chi connectivity index (χ4n) is 8.51. The second kappa shape index (κ2) is 13.2. The van der Waals surface area contributed by atoms with Crippen molar-refractivity contribution in [1.29, 1.82) is 5.26 Å². The first-order chi connectivity index (χ1) is 28.2. The van der Waals surface area contributed by atoms with Crippen LogP contribution >= 0.6 is 0 Å². The lowest BCUT2D eigenvalue weighted by atomic mass is 9.34. The molecule has 0 aromatic heterocycles. The molecule has 57 heavy (non-hydrogen) atoms. The van der Waals surface area contributed by atoms with Crippen LogP contribution in [0, 0.1) is 11.3 Å². The number of rotatable bonds is 6. The molecule has 0 radical (unpaired) electrons. The highest BCUT2D eigenvalue weighted by Crippen LogP contribution is 2.41. The van der Waals surface area contributed by atoms with Crippen molar-refractivity contribution in [3.05, 3.63) is 200 Å². The van der Waals surface area contributed by atoms with E-state index in [0.29, 0.717) is 17.1 Å². The lowest BCUT2D eigenvalue weighted by molar-refractivity contribution is 0.465.